The number of ether oxygens (including phenoxy) is 3. The number of methoxy groups -OCH3 is 1. The molecule has 43 heavy (non-hydrogen) atoms. The number of aromatic nitrogens is 3. The molecule has 7 rings (SSSR count). The zero-order valence-electron chi connectivity index (χ0n) is 24.6. The van der Waals surface area contributed by atoms with Crippen LogP contribution in [0.15, 0.2) is 66.9 Å². The van der Waals surface area contributed by atoms with E-state index in [1.165, 1.54) is 19.3 Å². The summed E-state index contributed by atoms with van der Waals surface area (Å²) in [6.07, 6.45) is 6.23. The molecule has 2 aromatic heterocycles. The number of hydrogen-bond acceptors (Lipinski definition) is 7. The normalized spacial score (nSPS) is 18.0. The molecule has 2 bridgehead atoms. The molecule has 3 aromatic carbocycles. The molecule has 0 N–H and O–H groups in total. The minimum absolute atomic E-state index is 0.0859. The van der Waals surface area contributed by atoms with Gasteiger partial charge in [-0.25, -0.2) is 4.39 Å². The minimum atomic E-state index is -0.498. The number of pyridine rings is 1. The SMILES string of the molecule is CCc1cccc2cc(OCOC)cc(-c3ncc4c(N5CC6CCC(C6)C5)nc(OCc5ccccc5)nc4c3F)c12. The highest BCUT2D eigenvalue weighted by molar-refractivity contribution is 6.01. The first kappa shape index (κ1) is 27.5. The Balaban J connectivity index is 1.39. The van der Waals surface area contributed by atoms with E-state index in [-0.39, 0.29) is 24.0 Å². The van der Waals surface area contributed by atoms with Gasteiger partial charge in [-0.2, -0.15) is 9.97 Å². The van der Waals surface area contributed by atoms with Crippen LogP contribution in [-0.4, -0.2) is 41.9 Å². The summed E-state index contributed by atoms with van der Waals surface area (Å²) >= 11 is 0. The number of fused-ring (bicyclic) bond motifs is 4. The average molecular weight is 579 g/mol. The van der Waals surface area contributed by atoms with Gasteiger partial charge in [0.25, 0.3) is 0 Å². The summed E-state index contributed by atoms with van der Waals surface area (Å²) in [4.78, 5) is 16.5. The van der Waals surface area contributed by atoms with Crippen LogP contribution < -0.4 is 14.4 Å². The van der Waals surface area contributed by atoms with Gasteiger partial charge in [-0.15, -0.1) is 0 Å². The zero-order chi connectivity index (χ0) is 29.3. The molecule has 2 unspecified atom stereocenters. The summed E-state index contributed by atoms with van der Waals surface area (Å²) in [5, 5.41) is 2.49. The zero-order valence-corrected chi connectivity index (χ0v) is 24.6. The van der Waals surface area contributed by atoms with Gasteiger partial charge in [0.15, 0.2) is 12.6 Å². The topological polar surface area (TPSA) is 69.6 Å². The van der Waals surface area contributed by atoms with Crippen LogP contribution in [-0.2, 0) is 17.8 Å². The van der Waals surface area contributed by atoms with Crippen LogP contribution in [0.2, 0.25) is 0 Å². The molecule has 0 amide bonds. The van der Waals surface area contributed by atoms with E-state index >= 15 is 4.39 Å². The molecule has 8 heteroatoms. The van der Waals surface area contributed by atoms with Crippen molar-refractivity contribution in [3.63, 3.8) is 0 Å². The number of halogens is 1. The van der Waals surface area contributed by atoms with E-state index in [4.69, 9.17) is 24.2 Å². The fourth-order valence-corrected chi connectivity index (χ4v) is 6.79. The quantitative estimate of drug-likeness (QED) is 0.170. The van der Waals surface area contributed by atoms with Gasteiger partial charge < -0.3 is 19.1 Å². The highest BCUT2D eigenvalue weighted by atomic mass is 19.1. The smallest absolute Gasteiger partial charge is 0.319 e. The Morgan fingerprint density at radius 1 is 0.953 bits per heavy atom. The molecule has 1 saturated heterocycles. The maximum Gasteiger partial charge on any atom is 0.319 e. The molecule has 220 valence electrons. The predicted molar refractivity (Wildman–Crippen MR) is 166 cm³/mol. The van der Waals surface area contributed by atoms with Gasteiger partial charge in [0, 0.05) is 32.0 Å². The fraction of sp³-hybridized carbons (Fsp3) is 0.343. The number of benzene rings is 3. The van der Waals surface area contributed by atoms with Crippen LogP contribution in [0.4, 0.5) is 10.2 Å². The van der Waals surface area contributed by atoms with Gasteiger partial charge in [-0.3, -0.25) is 4.98 Å². The van der Waals surface area contributed by atoms with Gasteiger partial charge in [0.05, 0.1) is 5.39 Å². The lowest BCUT2D eigenvalue weighted by molar-refractivity contribution is 0.0512. The molecule has 2 fully saturated rings. The van der Waals surface area contributed by atoms with E-state index in [2.05, 4.69) is 22.9 Å². The van der Waals surface area contributed by atoms with Crippen LogP contribution >= 0.6 is 0 Å². The Hall–Kier alpha value is -4.30. The monoisotopic (exact) mass is 578 g/mol. The second-order valence-corrected chi connectivity index (χ2v) is 11.6. The summed E-state index contributed by atoms with van der Waals surface area (Å²) in [5.41, 5.74) is 3.18. The Bertz CT molecular complexity index is 1770. The van der Waals surface area contributed by atoms with Crippen LogP contribution in [0.5, 0.6) is 11.8 Å². The van der Waals surface area contributed by atoms with Crippen molar-refractivity contribution in [2.24, 2.45) is 11.8 Å². The first-order valence-electron chi connectivity index (χ1n) is 15.1. The third-order valence-corrected chi connectivity index (χ3v) is 8.78. The van der Waals surface area contributed by atoms with Crippen molar-refractivity contribution in [2.45, 2.75) is 39.2 Å². The van der Waals surface area contributed by atoms with Gasteiger partial charge in [-0.05, 0) is 71.6 Å². The van der Waals surface area contributed by atoms with Gasteiger partial charge in [0.1, 0.15) is 29.4 Å². The lowest BCUT2D eigenvalue weighted by atomic mass is 9.95. The minimum Gasteiger partial charge on any atom is -0.468 e. The Labute approximate surface area is 250 Å². The van der Waals surface area contributed by atoms with Gasteiger partial charge in [0.2, 0.25) is 0 Å². The number of nitrogens with zero attached hydrogens (tertiary/aromatic N) is 4. The van der Waals surface area contributed by atoms with Crippen molar-refractivity contribution in [3.8, 4) is 23.0 Å². The molecule has 0 spiro atoms. The maximum absolute atomic E-state index is 16.9. The standard InChI is InChI=1S/C35H35FN4O3/c1-3-25-10-7-11-26-15-27(43-21-41-2)16-28(30(25)26)32-31(36)33-29(17-37-32)34(40-18-23-12-13-24(14-23)19-40)39-35(38-33)42-20-22-8-5-4-6-9-22/h4-11,15-17,23-24H,3,12-14,18-21H2,1-2H3. The van der Waals surface area contributed by atoms with E-state index in [0.29, 0.717) is 41.0 Å². The van der Waals surface area contributed by atoms with Gasteiger partial charge >= 0.3 is 6.01 Å². The summed E-state index contributed by atoms with van der Waals surface area (Å²) in [6, 6.07) is 19.9. The number of hydrogen-bond donors (Lipinski definition) is 0. The second-order valence-electron chi connectivity index (χ2n) is 11.6. The van der Waals surface area contributed by atoms with E-state index < -0.39 is 5.82 Å². The number of piperidine rings is 1. The van der Waals surface area contributed by atoms with Crippen molar-refractivity contribution in [3.05, 3.63) is 83.8 Å². The average Bonchev–Trinajstić information content (AvgIpc) is 3.39. The molecule has 2 aliphatic rings. The molecule has 2 atom stereocenters. The first-order chi connectivity index (χ1) is 21.1. The van der Waals surface area contributed by atoms with Gasteiger partial charge in [-0.1, -0.05) is 55.5 Å². The second kappa shape index (κ2) is 11.8. The van der Waals surface area contributed by atoms with Crippen molar-refractivity contribution in [2.75, 3.05) is 31.9 Å². The lowest BCUT2D eigenvalue weighted by Gasteiger charge is -2.33. The molecule has 5 aromatic rings. The summed E-state index contributed by atoms with van der Waals surface area (Å²) < 4.78 is 33.9. The molecular weight excluding hydrogens is 543 g/mol. The molecule has 1 saturated carbocycles. The summed E-state index contributed by atoms with van der Waals surface area (Å²) in [7, 11) is 1.57. The molecule has 1 aliphatic carbocycles. The molecule has 7 nitrogen and oxygen atoms in total. The van der Waals surface area contributed by atoms with Crippen LogP contribution in [0, 0.1) is 17.7 Å². The number of anilines is 1. The molecule has 3 heterocycles. The van der Waals surface area contributed by atoms with Crippen molar-refractivity contribution >= 4 is 27.5 Å². The van der Waals surface area contributed by atoms with E-state index in [9.17, 15) is 0 Å². The summed E-state index contributed by atoms with van der Waals surface area (Å²) in [5.74, 6) is 2.03. The summed E-state index contributed by atoms with van der Waals surface area (Å²) in [6.45, 7) is 4.27. The van der Waals surface area contributed by atoms with Crippen LogP contribution in [0.25, 0.3) is 32.9 Å². The lowest BCUT2D eigenvalue weighted by Crippen LogP contribution is -2.37. The Morgan fingerprint density at radius 3 is 2.53 bits per heavy atom. The van der Waals surface area contributed by atoms with Crippen molar-refractivity contribution in [1.29, 1.82) is 0 Å². The Morgan fingerprint density at radius 2 is 1.77 bits per heavy atom. The highest BCUT2D eigenvalue weighted by Crippen LogP contribution is 2.42. The van der Waals surface area contributed by atoms with Crippen molar-refractivity contribution < 1.29 is 18.6 Å². The van der Waals surface area contributed by atoms with E-state index in [1.807, 2.05) is 54.6 Å². The van der Waals surface area contributed by atoms with E-state index in [0.717, 1.165) is 41.4 Å². The van der Waals surface area contributed by atoms with Crippen LogP contribution in [0.3, 0.4) is 0 Å². The molecular formula is C35H35FN4O3. The highest BCUT2D eigenvalue weighted by Gasteiger charge is 2.35. The fourth-order valence-electron chi connectivity index (χ4n) is 6.79. The van der Waals surface area contributed by atoms with Crippen molar-refractivity contribution in [1.82, 2.24) is 15.0 Å². The number of rotatable bonds is 9. The molecule has 0 radical (unpaired) electrons. The maximum atomic E-state index is 16.9. The Kier molecular flexibility index (Phi) is 7.53. The van der Waals surface area contributed by atoms with E-state index in [1.54, 1.807) is 13.3 Å². The molecule has 1 aliphatic heterocycles. The van der Waals surface area contributed by atoms with Crippen LogP contribution in [0.1, 0.15) is 37.3 Å². The predicted octanol–water partition coefficient (Wildman–Crippen LogP) is 7.34. The first-order valence-corrected chi connectivity index (χ1v) is 15.1. The third kappa shape index (κ3) is 5.36. The largest absolute Gasteiger partial charge is 0.468 e. The third-order valence-electron chi connectivity index (χ3n) is 8.78. The number of aryl methyl sites for hydroxylation is 1.